The summed E-state index contributed by atoms with van der Waals surface area (Å²) >= 11 is 1.58. The highest BCUT2D eigenvalue weighted by molar-refractivity contribution is 7.14. The first-order chi connectivity index (χ1) is 16.2. The minimum atomic E-state index is -0.307. The number of nitrogens with zero attached hydrogens (tertiary/aromatic N) is 5. The predicted octanol–water partition coefficient (Wildman–Crippen LogP) is 4.13. The molecule has 0 aliphatic carbocycles. The van der Waals surface area contributed by atoms with Gasteiger partial charge >= 0.3 is 0 Å². The number of nitrogens with one attached hydrogen (secondary N) is 1. The third-order valence-corrected chi connectivity index (χ3v) is 7.01. The summed E-state index contributed by atoms with van der Waals surface area (Å²) in [6.07, 6.45) is 1.78. The first-order valence-electron chi connectivity index (χ1n) is 10.8. The van der Waals surface area contributed by atoms with Crippen LogP contribution in [0.2, 0.25) is 0 Å². The molecule has 0 atom stereocenters. The summed E-state index contributed by atoms with van der Waals surface area (Å²) < 4.78 is 16.0. The fourth-order valence-corrected chi connectivity index (χ4v) is 5.29. The molecule has 6 rings (SSSR count). The zero-order chi connectivity index (χ0) is 22.4. The van der Waals surface area contributed by atoms with Crippen LogP contribution in [-0.4, -0.2) is 56.5 Å². The van der Waals surface area contributed by atoms with E-state index in [2.05, 4.69) is 14.9 Å². The number of amides is 1. The van der Waals surface area contributed by atoms with Gasteiger partial charge in [0.25, 0.3) is 0 Å². The van der Waals surface area contributed by atoms with Gasteiger partial charge in [0.2, 0.25) is 5.91 Å². The second kappa shape index (κ2) is 8.00. The molecule has 0 bridgehead atoms. The summed E-state index contributed by atoms with van der Waals surface area (Å²) in [6, 6.07) is 14.7. The maximum absolute atomic E-state index is 14.3. The second-order valence-electron chi connectivity index (χ2n) is 8.10. The Labute approximate surface area is 193 Å². The number of benzene rings is 2. The Kier molecular flexibility index (Phi) is 4.83. The molecule has 1 saturated heterocycles. The van der Waals surface area contributed by atoms with E-state index >= 15 is 0 Å². The standard InChI is InChI=1S/C24H21FN6OS/c25-17-5-3-4-16-8-9-31(22(16)17)14-20(32)29-10-12-30(13-11-29)24-21(26-15-33-24)23-27-18-6-1-2-7-19(18)28-23/h1-9,15H,10-14H2,(H,27,28). The molecule has 166 valence electrons. The van der Waals surface area contributed by atoms with Gasteiger partial charge in [-0.2, -0.15) is 0 Å². The van der Waals surface area contributed by atoms with Crippen LogP contribution in [0, 0.1) is 5.82 Å². The Bertz CT molecular complexity index is 1430. The molecule has 1 amide bonds. The van der Waals surface area contributed by atoms with Crippen molar-refractivity contribution in [1.29, 1.82) is 0 Å². The molecule has 9 heteroatoms. The number of anilines is 1. The number of carbonyl (C=O) groups is 1. The maximum Gasteiger partial charge on any atom is 0.242 e. The monoisotopic (exact) mass is 460 g/mol. The zero-order valence-electron chi connectivity index (χ0n) is 17.7. The molecule has 4 heterocycles. The summed E-state index contributed by atoms with van der Waals surface area (Å²) in [5.74, 6) is 0.447. The SMILES string of the molecule is O=C(Cn1ccc2cccc(F)c21)N1CCN(c2scnc2-c2nc3ccccc3[nH]2)CC1. The highest BCUT2D eigenvalue weighted by atomic mass is 32.1. The molecule has 1 fully saturated rings. The normalized spacial score (nSPS) is 14.5. The van der Waals surface area contributed by atoms with Crippen molar-refractivity contribution in [2.24, 2.45) is 0 Å². The van der Waals surface area contributed by atoms with Gasteiger partial charge in [-0.05, 0) is 24.3 Å². The number of carbonyl (C=O) groups excluding carboxylic acids is 1. The molecule has 1 N–H and O–H groups in total. The van der Waals surface area contributed by atoms with Crippen LogP contribution in [0.15, 0.2) is 60.2 Å². The molecule has 7 nitrogen and oxygen atoms in total. The van der Waals surface area contributed by atoms with E-state index in [0.717, 1.165) is 32.9 Å². The van der Waals surface area contributed by atoms with Crippen LogP contribution < -0.4 is 4.90 Å². The molecule has 5 aromatic rings. The largest absolute Gasteiger partial charge is 0.358 e. The van der Waals surface area contributed by atoms with Gasteiger partial charge in [0, 0.05) is 37.8 Å². The Hall–Kier alpha value is -3.72. The molecular weight excluding hydrogens is 439 g/mol. The van der Waals surface area contributed by atoms with Crippen molar-refractivity contribution in [3.8, 4) is 11.5 Å². The molecule has 1 aliphatic heterocycles. The van der Waals surface area contributed by atoms with Crippen LogP contribution in [-0.2, 0) is 11.3 Å². The molecule has 0 saturated carbocycles. The van der Waals surface area contributed by atoms with E-state index in [0.29, 0.717) is 31.7 Å². The molecule has 0 radical (unpaired) electrons. The van der Waals surface area contributed by atoms with Gasteiger partial charge in [-0.15, -0.1) is 11.3 Å². The maximum atomic E-state index is 14.3. The first-order valence-corrected chi connectivity index (χ1v) is 11.7. The average molecular weight is 461 g/mol. The van der Waals surface area contributed by atoms with Crippen LogP contribution in [0.5, 0.6) is 0 Å². The van der Waals surface area contributed by atoms with Crippen molar-refractivity contribution in [2.45, 2.75) is 6.54 Å². The second-order valence-corrected chi connectivity index (χ2v) is 8.93. The Morgan fingerprint density at radius 1 is 1.06 bits per heavy atom. The minimum Gasteiger partial charge on any atom is -0.358 e. The number of H-pyrrole nitrogens is 1. The van der Waals surface area contributed by atoms with E-state index in [4.69, 9.17) is 4.98 Å². The third kappa shape index (κ3) is 3.54. The summed E-state index contributed by atoms with van der Waals surface area (Å²) in [5, 5.41) is 1.86. The zero-order valence-corrected chi connectivity index (χ0v) is 18.6. The number of aromatic nitrogens is 4. The molecule has 0 spiro atoms. The summed E-state index contributed by atoms with van der Waals surface area (Å²) in [5.41, 5.74) is 5.04. The van der Waals surface area contributed by atoms with E-state index in [1.807, 2.05) is 46.8 Å². The number of rotatable bonds is 4. The Balaban J connectivity index is 1.16. The van der Waals surface area contributed by atoms with Crippen LogP contribution in [0.3, 0.4) is 0 Å². The van der Waals surface area contributed by atoms with Gasteiger partial charge in [-0.25, -0.2) is 14.4 Å². The number of piperazine rings is 1. The molecule has 1 aliphatic rings. The number of hydrogen-bond acceptors (Lipinski definition) is 5. The summed E-state index contributed by atoms with van der Waals surface area (Å²) in [7, 11) is 0. The smallest absolute Gasteiger partial charge is 0.242 e. The summed E-state index contributed by atoms with van der Waals surface area (Å²) in [4.78, 5) is 29.7. The van der Waals surface area contributed by atoms with Crippen LogP contribution >= 0.6 is 11.3 Å². The number of fused-ring (bicyclic) bond motifs is 2. The van der Waals surface area contributed by atoms with Crippen LogP contribution in [0.4, 0.5) is 9.39 Å². The Morgan fingerprint density at radius 2 is 1.91 bits per heavy atom. The van der Waals surface area contributed by atoms with Crippen molar-refractivity contribution >= 4 is 44.2 Å². The van der Waals surface area contributed by atoms with Crippen LogP contribution in [0.1, 0.15) is 0 Å². The molecule has 0 unspecified atom stereocenters. The van der Waals surface area contributed by atoms with Crippen molar-refractivity contribution in [3.05, 3.63) is 66.1 Å². The fraction of sp³-hybridized carbons (Fsp3) is 0.208. The highest BCUT2D eigenvalue weighted by Gasteiger charge is 2.25. The van der Waals surface area contributed by atoms with E-state index in [1.54, 1.807) is 28.2 Å². The number of hydrogen-bond donors (Lipinski definition) is 1. The van der Waals surface area contributed by atoms with Crippen molar-refractivity contribution in [1.82, 2.24) is 24.4 Å². The lowest BCUT2D eigenvalue weighted by Gasteiger charge is -2.35. The third-order valence-electron chi connectivity index (χ3n) is 6.13. The number of para-hydroxylation sites is 3. The van der Waals surface area contributed by atoms with Crippen molar-refractivity contribution < 1.29 is 9.18 Å². The lowest BCUT2D eigenvalue weighted by Crippen LogP contribution is -2.49. The van der Waals surface area contributed by atoms with E-state index < -0.39 is 0 Å². The fourth-order valence-electron chi connectivity index (χ4n) is 4.44. The molecule has 3 aromatic heterocycles. The van der Waals surface area contributed by atoms with Gasteiger partial charge in [0.1, 0.15) is 23.1 Å². The van der Waals surface area contributed by atoms with E-state index in [-0.39, 0.29) is 18.3 Å². The predicted molar refractivity (Wildman–Crippen MR) is 128 cm³/mol. The number of aromatic amines is 1. The van der Waals surface area contributed by atoms with Gasteiger partial charge in [-0.1, -0.05) is 24.3 Å². The molecule has 2 aromatic carbocycles. The number of thiazole rings is 1. The summed E-state index contributed by atoms with van der Waals surface area (Å²) in [6.45, 7) is 2.77. The van der Waals surface area contributed by atoms with E-state index in [1.165, 1.54) is 6.07 Å². The van der Waals surface area contributed by atoms with Gasteiger partial charge in [0.05, 0.1) is 22.1 Å². The number of imidazole rings is 1. The van der Waals surface area contributed by atoms with Crippen LogP contribution in [0.25, 0.3) is 33.5 Å². The molecule has 33 heavy (non-hydrogen) atoms. The van der Waals surface area contributed by atoms with Crippen molar-refractivity contribution in [3.63, 3.8) is 0 Å². The highest BCUT2D eigenvalue weighted by Crippen LogP contribution is 2.33. The molecular formula is C24H21FN6OS. The lowest BCUT2D eigenvalue weighted by molar-refractivity contribution is -0.132. The Morgan fingerprint density at radius 3 is 2.76 bits per heavy atom. The topological polar surface area (TPSA) is 70.1 Å². The minimum absolute atomic E-state index is 0.00258. The van der Waals surface area contributed by atoms with Gasteiger partial charge < -0.3 is 19.4 Å². The first kappa shape index (κ1) is 19.9. The van der Waals surface area contributed by atoms with Crippen molar-refractivity contribution in [2.75, 3.05) is 31.1 Å². The van der Waals surface area contributed by atoms with Gasteiger partial charge in [-0.3, -0.25) is 4.79 Å². The van der Waals surface area contributed by atoms with E-state index in [9.17, 15) is 9.18 Å². The number of halogens is 1. The average Bonchev–Trinajstić information content (AvgIpc) is 3.57. The lowest BCUT2D eigenvalue weighted by atomic mass is 10.2. The quantitative estimate of drug-likeness (QED) is 0.438. The van der Waals surface area contributed by atoms with Gasteiger partial charge in [0.15, 0.2) is 5.82 Å².